The van der Waals surface area contributed by atoms with Crippen LogP contribution < -0.4 is 10.5 Å². The van der Waals surface area contributed by atoms with E-state index in [9.17, 15) is 8.78 Å². The number of fused-ring (bicyclic) bond motifs is 2. The Labute approximate surface area is 159 Å². The van der Waals surface area contributed by atoms with E-state index in [1.807, 2.05) is 0 Å². The fourth-order valence-corrected chi connectivity index (χ4v) is 3.23. The summed E-state index contributed by atoms with van der Waals surface area (Å²) in [5.41, 5.74) is 7.95. The molecule has 3 heterocycles. The number of benzene rings is 1. The molecule has 0 saturated carbocycles. The molecule has 8 heteroatoms. The fraction of sp³-hybridized carbons (Fsp3) is 0.150. The number of nitrogens with one attached hydrogen (secondary N) is 1. The quantitative estimate of drug-likeness (QED) is 0.407. The van der Waals surface area contributed by atoms with Crippen molar-refractivity contribution in [3.05, 3.63) is 71.2 Å². The van der Waals surface area contributed by atoms with Gasteiger partial charge in [0.05, 0.1) is 5.92 Å². The highest BCUT2D eigenvalue weighted by atomic mass is 19.1. The maximum absolute atomic E-state index is 14.1. The monoisotopic (exact) mass is 382 g/mol. The van der Waals surface area contributed by atoms with Gasteiger partial charge in [-0.3, -0.25) is 5.41 Å². The molecule has 2 aromatic heterocycles. The number of ether oxygens (including phenoxy) is 2. The third-order valence-electron chi connectivity index (χ3n) is 4.59. The Kier molecular flexibility index (Phi) is 4.38. The predicted octanol–water partition coefficient (Wildman–Crippen LogP) is 3.88. The van der Waals surface area contributed by atoms with Crippen molar-refractivity contribution in [3.63, 3.8) is 0 Å². The first kappa shape index (κ1) is 17.8. The smallest absolute Gasteiger partial charge is 0.279 e. The molecule has 28 heavy (non-hydrogen) atoms. The molecule has 0 aliphatic carbocycles. The van der Waals surface area contributed by atoms with Gasteiger partial charge >= 0.3 is 0 Å². The number of aromatic nitrogens is 2. The van der Waals surface area contributed by atoms with Gasteiger partial charge in [0.25, 0.3) is 6.02 Å². The van der Waals surface area contributed by atoms with Crippen LogP contribution in [0.4, 0.5) is 8.78 Å². The molecule has 0 radical (unpaired) electrons. The molecule has 6 nitrogen and oxygen atoms in total. The molecule has 0 fully saturated rings. The summed E-state index contributed by atoms with van der Waals surface area (Å²) in [6.45, 7) is 1.63. The lowest BCUT2D eigenvalue weighted by atomic mass is 9.87. The molecule has 0 amide bonds. The molecule has 1 aliphatic rings. The average molecular weight is 382 g/mol. The number of pyridine rings is 2. The molecular formula is C20H16F2N4O2. The summed E-state index contributed by atoms with van der Waals surface area (Å²) in [4.78, 5) is 7.57. The largest absolute Gasteiger partial charge is 0.465 e. The molecule has 1 aromatic carbocycles. The van der Waals surface area contributed by atoms with E-state index >= 15 is 0 Å². The zero-order valence-corrected chi connectivity index (χ0v) is 14.9. The number of amidine groups is 1. The maximum Gasteiger partial charge on any atom is 0.279 e. The minimum absolute atomic E-state index is 0.0322. The second kappa shape index (κ2) is 6.88. The summed E-state index contributed by atoms with van der Waals surface area (Å²) < 4.78 is 39.1. The lowest BCUT2D eigenvalue weighted by molar-refractivity contribution is 0.272. The number of halogens is 2. The summed E-state index contributed by atoms with van der Waals surface area (Å²) >= 11 is 0. The fourth-order valence-electron chi connectivity index (χ4n) is 3.23. The van der Waals surface area contributed by atoms with Gasteiger partial charge < -0.3 is 15.2 Å². The number of nitrogens with zero attached hydrogens (tertiary/aromatic N) is 2. The van der Waals surface area contributed by atoms with Gasteiger partial charge in [0.2, 0.25) is 17.8 Å². The van der Waals surface area contributed by atoms with E-state index in [2.05, 4.69) is 9.97 Å². The van der Waals surface area contributed by atoms with Gasteiger partial charge in [-0.25, -0.2) is 4.98 Å². The van der Waals surface area contributed by atoms with Crippen LogP contribution in [0.1, 0.15) is 22.6 Å². The van der Waals surface area contributed by atoms with Gasteiger partial charge in [-0.05, 0) is 42.8 Å². The molecular weight excluding hydrogens is 366 g/mol. The highest BCUT2D eigenvalue weighted by molar-refractivity contribution is 5.69. The van der Waals surface area contributed by atoms with E-state index in [1.165, 1.54) is 6.20 Å². The highest BCUT2D eigenvalue weighted by Gasteiger charge is 2.31. The Morgan fingerprint density at radius 1 is 1.21 bits per heavy atom. The number of aryl methyl sites for hydroxylation is 1. The van der Waals surface area contributed by atoms with Gasteiger partial charge in [0, 0.05) is 28.5 Å². The van der Waals surface area contributed by atoms with Gasteiger partial charge in [-0.1, -0.05) is 6.07 Å². The van der Waals surface area contributed by atoms with Crippen LogP contribution in [-0.4, -0.2) is 22.6 Å². The average Bonchev–Trinajstić information content (AvgIpc) is 2.66. The first-order valence-corrected chi connectivity index (χ1v) is 8.50. The lowest BCUT2D eigenvalue weighted by Gasteiger charge is -2.28. The summed E-state index contributed by atoms with van der Waals surface area (Å²) in [5.74, 6) is -1.05. The molecule has 3 aromatic rings. The molecule has 1 atom stereocenters. The van der Waals surface area contributed by atoms with Crippen LogP contribution in [0.5, 0.6) is 11.6 Å². The Bertz CT molecular complexity index is 1090. The minimum atomic E-state index is -0.623. The first-order valence-electron chi connectivity index (χ1n) is 8.50. The van der Waals surface area contributed by atoms with Crippen LogP contribution in [0.25, 0.3) is 11.1 Å². The SMILES string of the molecule is Cc1cc2c(nc1F)Oc1ccc(-c3cccnc3F)cc1C2COC(=N)N. The molecule has 3 N–H and O–H groups in total. The van der Waals surface area contributed by atoms with Crippen molar-refractivity contribution in [1.29, 1.82) is 5.41 Å². The molecule has 0 spiro atoms. The Balaban J connectivity index is 1.84. The first-order chi connectivity index (χ1) is 13.4. The predicted molar refractivity (Wildman–Crippen MR) is 98.3 cm³/mol. The maximum atomic E-state index is 14.1. The second-order valence-electron chi connectivity index (χ2n) is 6.41. The number of rotatable bonds is 3. The van der Waals surface area contributed by atoms with Crippen LogP contribution in [0.15, 0.2) is 42.6 Å². The third kappa shape index (κ3) is 3.13. The van der Waals surface area contributed by atoms with E-state index in [0.29, 0.717) is 33.6 Å². The Hall–Kier alpha value is -3.55. The summed E-state index contributed by atoms with van der Waals surface area (Å²) in [7, 11) is 0. The van der Waals surface area contributed by atoms with E-state index in [-0.39, 0.29) is 12.5 Å². The minimum Gasteiger partial charge on any atom is -0.465 e. The van der Waals surface area contributed by atoms with Crippen LogP contribution in [0, 0.1) is 24.2 Å². The second-order valence-corrected chi connectivity index (χ2v) is 6.41. The number of hydrogen-bond donors (Lipinski definition) is 2. The molecule has 0 saturated heterocycles. The van der Waals surface area contributed by atoms with Crippen molar-refractivity contribution in [2.75, 3.05) is 6.61 Å². The van der Waals surface area contributed by atoms with Crippen molar-refractivity contribution in [1.82, 2.24) is 9.97 Å². The van der Waals surface area contributed by atoms with Crippen molar-refractivity contribution < 1.29 is 18.3 Å². The van der Waals surface area contributed by atoms with Crippen LogP contribution >= 0.6 is 0 Å². The van der Waals surface area contributed by atoms with Crippen molar-refractivity contribution in [3.8, 4) is 22.8 Å². The molecule has 4 rings (SSSR count). The van der Waals surface area contributed by atoms with Gasteiger partial charge in [-0.15, -0.1) is 0 Å². The number of hydrogen-bond acceptors (Lipinski definition) is 5. The van der Waals surface area contributed by atoms with Crippen molar-refractivity contribution >= 4 is 6.02 Å². The highest BCUT2D eigenvalue weighted by Crippen LogP contribution is 2.45. The standard InChI is InChI=1S/C20H16F2N4O2/c1-10-7-14-15(9-27-20(23)24)13-8-11(12-3-2-6-25-18(12)22)4-5-16(13)28-19(14)26-17(10)21/h2-8,15H,9H2,1H3,(H3,23,24). The van der Waals surface area contributed by atoms with E-state index in [0.717, 1.165) is 0 Å². The van der Waals surface area contributed by atoms with Gasteiger partial charge in [0.1, 0.15) is 12.4 Å². The summed E-state index contributed by atoms with van der Waals surface area (Å²) in [5, 5.41) is 7.35. The van der Waals surface area contributed by atoms with E-state index in [1.54, 1.807) is 43.3 Å². The van der Waals surface area contributed by atoms with Crippen molar-refractivity contribution in [2.24, 2.45) is 5.73 Å². The normalized spacial score (nSPS) is 14.6. The third-order valence-corrected chi connectivity index (χ3v) is 4.59. The van der Waals surface area contributed by atoms with Crippen LogP contribution in [0.2, 0.25) is 0 Å². The molecule has 1 unspecified atom stereocenters. The summed E-state index contributed by atoms with van der Waals surface area (Å²) in [6.07, 6.45) is 1.38. The molecule has 1 aliphatic heterocycles. The van der Waals surface area contributed by atoms with Gasteiger partial charge in [-0.2, -0.15) is 13.8 Å². The van der Waals surface area contributed by atoms with Gasteiger partial charge in [0.15, 0.2) is 0 Å². The van der Waals surface area contributed by atoms with Crippen LogP contribution in [0.3, 0.4) is 0 Å². The van der Waals surface area contributed by atoms with Crippen LogP contribution in [-0.2, 0) is 4.74 Å². The summed E-state index contributed by atoms with van der Waals surface area (Å²) in [6, 6.07) is 9.60. The van der Waals surface area contributed by atoms with E-state index in [4.69, 9.17) is 20.6 Å². The number of nitrogens with two attached hydrogens (primary N) is 1. The lowest BCUT2D eigenvalue weighted by Crippen LogP contribution is -2.22. The molecule has 142 valence electrons. The zero-order valence-electron chi connectivity index (χ0n) is 14.9. The Morgan fingerprint density at radius 3 is 2.79 bits per heavy atom. The Morgan fingerprint density at radius 2 is 2.04 bits per heavy atom. The van der Waals surface area contributed by atoms with E-state index < -0.39 is 23.8 Å². The zero-order chi connectivity index (χ0) is 19.8. The van der Waals surface area contributed by atoms with Crippen molar-refractivity contribution in [2.45, 2.75) is 12.8 Å². The topological polar surface area (TPSA) is 94.1 Å². The molecule has 0 bridgehead atoms.